The molecule has 0 atom stereocenters. The zero-order chi connectivity index (χ0) is 13.9. The van der Waals surface area contributed by atoms with E-state index in [0.29, 0.717) is 5.75 Å². The van der Waals surface area contributed by atoms with E-state index in [9.17, 15) is 8.42 Å². The predicted octanol–water partition coefficient (Wildman–Crippen LogP) is 1.13. The van der Waals surface area contributed by atoms with Crippen molar-refractivity contribution >= 4 is 10.0 Å². The predicted molar refractivity (Wildman–Crippen MR) is 68.2 cm³/mol. The van der Waals surface area contributed by atoms with Crippen LogP contribution in [-0.2, 0) is 16.6 Å². The molecule has 0 aliphatic carbocycles. The molecule has 0 saturated heterocycles. The molecule has 2 N–H and O–H groups in total. The van der Waals surface area contributed by atoms with Gasteiger partial charge in [-0.05, 0) is 18.6 Å². The molecule has 2 aromatic rings. The molecule has 0 aliphatic rings. The molecule has 0 fully saturated rings. The zero-order valence-electron chi connectivity index (χ0n) is 10.4. The maximum atomic E-state index is 11.4. The van der Waals surface area contributed by atoms with Gasteiger partial charge in [-0.25, -0.2) is 18.5 Å². The standard InChI is InChI=1S/C11H14N4O3S/c1-2-6-15-8-9(7-14-15)18-11-10(19(12,16)17)4-3-5-13-11/h3-5,7-8H,2,6H2,1H3,(H2,12,16,17). The Bertz CT molecular complexity index is 666. The topological polar surface area (TPSA) is 100 Å². The lowest BCUT2D eigenvalue weighted by atomic mass is 10.5. The number of nitrogens with two attached hydrogens (primary N) is 1. The van der Waals surface area contributed by atoms with E-state index in [2.05, 4.69) is 10.1 Å². The molecule has 8 heteroatoms. The van der Waals surface area contributed by atoms with Crippen LogP contribution in [0.2, 0.25) is 0 Å². The first-order chi connectivity index (χ1) is 9.00. The summed E-state index contributed by atoms with van der Waals surface area (Å²) in [5, 5.41) is 9.17. The molecule has 102 valence electrons. The number of hydrogen-bond donors (Lipinski definition) is 1. The molecule has 2 rings (SSSR count). The molecular formula is C11H14N4O3S. The third-order valence-electron chi connectivity index (χ3n) is 2.32. The minimum Gasteiger partial charge on any atom is -0.434 e. The normalized spacial score (nSPS) is 11.5. The average Bonchev–Trinajstić information content (AvgIpc) is 2.76. The van der Waals surface area contributed by atoms with Crippen LogP contribution in [0.3, 0.4) is 0 Å². The lowest BCUT2D eigenvalue weighted by molar-refractivity contribution is 0.446. The summed E-state index contributed by atoms with van der Waals surface area (Å²) in [7, 11) is -3.87. The number of nitrogens with zero attached hydrogens (tertiary/aromatic N) is 3. The van der Waals surface area contributed by atoms with Crippen molar-refractivity contribution in [2.75, 3.05) is 0 Å². The summed E-state index contributed by atoms with van der Waals surface area (Å²) in [5.41, 5.74) is 0. The van der Waals surface area contributed by atoms with Gasteiger partial charge in [0.15, 0.2) is 5.75 Å². The second kappa shape index (κ2) is 5.37. The minimum absolute atomic E-state index is 0.0546. The average molecular weight is 282 g/mol. The van der Waals surface area contributed by atoms with Gasteiger partial charge in [0, 0.05) is 12.7 Å². The largest absolute Gasteiger partial charge is 0.434 e. The van der Waals surface area contributed by atoms with E-state index < -0.39 is 10.0 Å². The van der Waals surface area contributed by atoms with E-state index in [0.717, 1.165) is 13.0 Å². The van der Waals surface area contributed by atoms with Crippen LogP contribution in [0.5, 0.6) is 11.6 Å². The minimum atomic E-state index is -3.87. The summed E-state index contributed by atoms with van der Waals surface area (Å²) in [6.07, 6.45) is 5.54. The van der Waals surface area contributed by atoms with Crippen LogP contribution in [0.1, 0.15) is 13.3 Å². The number of hydrogen-bond acceptors (Lipinski definition) is 5. The lowest BCUT2D eigenvalue weighted by Gasteiger charge is -2.05. The second-order valence-corrected chi connectivity index (χ2v) is 5.42. The Balaban J connectivity index is 2.28. The highest BCUT2D eigenvalue weighted by atomic mass is 32.2. The van der Waals surface area contributed by atoms with Crippen LogP contribution in [0.4, 0.5) is 0 Å². The lowest BCUT2D eigenvalue weighted by Crippen LogP contribution is -2.13. The van der Waals surface area contributed by atoms with E-state index in [-0.39, 0.29) is 10.8 Å². The van der Waals surface area contributed by atoms with E-state index in [1.165, 1.54) is 24.5 Å². The first-order valence-electron chi connectivity index (χ1n) is 5.69. The monoisotopic (exact) mass is 282 g/mol. The molecule has 0 saturated carbocycles. The number of rotatable bonds is 5. The summed E-state index contributed by atoms with van der Waals surface area (Å²) < 4.78 is 29.9. The van der Waals surface area contributed by atoms with Gasteiger partial charge in [-0.3, -0.25) is 4.68 Å². The maximum Gasteiger partial charge on any atom is 0.243 e. The van der Waals surface area contributed by atoms with Crippen molar-refractivity contribution in [3.63, 3.8) is 0 Å². The molecule has 2 aromatic heterocycles. The summed E-state index contributed by atoms with van der Waals surface area (Å²) >= 11 is 0. The summed E-state index contributed by atoms with van der Waals surface area (Å²) in [5.74, 6) is 0.359. The van der Waals surface area contributed by atoms with Gasteiger partial charge < -0.3 is 4.74 Å². The molecule has 0 aliphatic heterocycles. The fourth-order valence-electron chi connectivity index (χ4n) is 1.53. The number of primary sulfonamides is 1. The molecular weight excluding hydrogens is 268 g/mol. The van der Waals surface area contributed by atoms with Crippen molar-refractivity contribution in [3.8, 4) is 11.6 Å². The Labute approximate surface area is 111 Å². The summed E-state index contributed by atoms with van der Waals surface area (Å²) in [6, 6.07) is 2.82. The molecule has 7 nitrogen and oxygen atoms in total. The van der Waals surface area contributed by atoms with Gasteiger partial charge in [-0.1, -0.05) is 6.92 Å². The van der Waals surface area contributed by atoms with Crippen LogP contribution in [0.15, 0.2) is 35.6 Å². The fraction of sp³-hybridized carbons (Fsp3) is 0.273. The smallest absolute Gasteiger partial charge is 0.243 e. The first kappa shape index (κ1) is 13.5. The van der Waals surface area contributed by atoms with Crippen molar-refractivity contribution in [1.29, 1.82) is 0 Å². The molecule has 0 unspecified atom stereocenters. The van der Waals surface area contributed by atoms with Crippen molar-refractivity contribution in [3.05, 3.63) is 30.7 Å². The summed E-state index contributed by atoms with van der Waals surface area (Å²) in [6.45, 7) is 2.79. The van der Waals surface area contributed by atoms with Gasteiger partial charge in [0.1, 0.15) is 4.90 Å². The van der Waals surface area contributed by atoms with E-state index in [4.69, 9.17) is 9.88 Å². The number of ether oxygens (including phenoxy) is 1. The molecule has 0 bridgehead atoms. The van der Waals surface area contributed by atoms with E-state index >= 15 is 0 Å². The van der Waals surface area contributed by atoms with Gasteiger partial charge in [-0.15, -0.1) is 0 Å². The number of sulfonamides is 1. The van der Waals surface area contributed by atoms with Gasteiger partial charge in [-0.2, -0.15) is 5.10 Å². The number of pyridine rings is 1. The SMILES string of the molecule is CCCn1cc(Oc2ncccc2S(N)(=O)=O)cn1. The summed E-state index contributed by atoms with van der Waals surface area (Å²) in [4.78, 5) is 3.72. The van der Waals surface area contributed by atoms with E-state index in [1.54, 1.807) is 10.9 Å². The third kappa shape index (κ3) is 3.30. The Hall–Kier alpha value is -1.93. The van der Waals surface area contributed by atoms with Gasteiger partial charge in [0.2, 0.25) is 15.9 Å². The van der Waals surface area contributed by atoms with Crippen molar-refractivity contribution < 1.29 is 13.2 Å². The Kier molecular flexibility index (Phi) is 3.82. The highest BCUT2D eigenvalue weighted by Gasteiger charge is 2.17. The maximum absolute atomic E-state index is 11.4. The quantitative estimate of drug-likeness (QED) is 0.886. The Morgan fingerprint density at radius 1 is 1.47 bits per heavy atom. The molecule has 2 heterocycles. The van der Waals surface area contributed by atoms with Gasteiger partial charge >= 0.3 is 0 Å². The van der Waals surface area contributed by atoms with Crippen molar-refractivity contribution in [1.82, 2.24) is 14.8 Å². The van der Waals surface area contributed by atoms with Crippen LogP contribution in [-0.4, -0.2) is 23.2 Å². The van der Waals surface area contributed by atoms with Gasteiger partial charge in [0.25, 0.3) is 0 Å². The van der Waals surface area contributed by atoms with Crippen LogP contribution in [0.25, 0.3) is 0 Å². The number of aromatic nitrogens is 3. The molecule has 0 radical (unpaired) electrons. The first-order valence-corrected chi connectivity index (χ1v) is 7.23. The van der Waals surface area contributed by atoms with E-state index in [1.807, 2.05) is 6.92 Å². The molecule has 0 spiro atoms. The van der Waals surface area contributed by atoms with Crippen LogP contribution >= 0.6 is 0 Å². The van der Waals surface area contributed by atoms with Crippen LogP contribution < -0.4 is 9.88 Å². The fourth-order valence-corrected chi connectivity index (χ4v) is 2.14. The highest BCUT2D eigenvalue weighted by molar-refractivity contribution is 7.89. The molecule has 0 amide bonds. The van der Waals surface area contributed by atoms with Crippen molar-refractivity contribution in [2.24, 2.45) is 5.14 Å². The molecule has 19 heavy (non-hydrogen) atoms. The van der Waals surface area contributed by atoms with Crippen molar-refractivity contribution in [2.45, 2.75) is 24.8 Å². The van der Waals surface area contributed by atoms with Crippen LogP contribution in [0, 0.1) is 0 Å². The molecule has 0 aromatic carbocycles. The second-order valence-electron chi connectivity index (χ2n) is 3.89. The zero-order valence-corrected chi connectivity index (χ0v) is 11.2. The highest BCUT2D eigenvalue weighted by Crippen LogP contribution is 2.24. The Morgan fingerprint density at radius 2 is 2.26 bits per heavy atom. The van der Waals surface area contributed by atoms with Gasteiger partial charge in [0.05, 0.1) is 12.4 Å². The Morgan fingerprint density at radius 3 is 2.95 bits per heavy atom. The number of aryl methyl sites for hydroxylation is 1. The third-order valence-corrected chi connectivity index (χ3v) is 3.24.